The largest absolute Gasteiger partial charge is 0.508 e. The van der Waals surface area contributed by atoms with Gasteiger partial charge in [0.2, 0.25) is 5.88 Å². The first kappa shape index (κ1) is 20.4. The molecule has 31 heavy (non-hydrogen) atoms. The number of phenols is 1. The van der Waals surface area contributed by atoms with E-state index in [9.17, 15) is 9.90 Å². The summed E-state index contributed by atoms with van der Waals surface area (Å²) in [5.41, 5.74) is 4.73. The van der Waals surface area contributed by atoms with E-state index < -0.39 is 0 Å². The summed E-state index contributed by atoms with van der Waals surface area (Å²) in [6, 6.07) is 23.5. The lowest BCUT2D eigenvalue weighted by Gasteiger charge is -2.10. The van der Waals surface area contributed by atoms with E-state index in [2.05, 4.69) is 10.3 Å². The Morgan fingerprint density at radius 3 is 2.16 bits per heavy atom. The van der Waals surface area contributed by atoms with Gasteiger partial charge in [-0.05, 0) is 53.1 Å². The molecule has 0 saturated carbocycles. The Kier molecular flexibility index (Phi) is 5.87. The number of hydrogen-bond donors (Lipinski definition) is 2. The lowest BCUT2D eigenvalue weighted by molar-refractivity contribution is 0.102. The van der Waals surface area contributed by atoms with Gasteiger partial charge in [0.1, 0.15) is 5.75 Å². The van der Waals surface area contributed by atoms with Crippen molar-refractivity contribution in [2.24, 2.45) is 0 Å². The number of anilines is 1. The maximum absolute atomic E-state index is 12.7. The third-order valence-corrected chi connectivity index (χ3v) is 5.16. The first-order chi connectivity index (χ1) is 15.0. The molecule has 0 aliphatic carbocycles. The average Bonchev–Trinajstić information content (AvgIpc) is 2.80. The van der Waals surface area contributed by atoms with Crippen LogP contribution >= 0.6 is 11.6 Å². The van der Waals surface area contributed by atoms with Gasteiger partial charge >= 0.3 is 0 Å². The first-order valence-electron chi connectivity index (χ1n) is 9.54. The molecule has 0 saturated heterocycles. The number of pyridine rings is 1. The van der Waals surface area contributed by atoms with Crippen molar-refractivity contribution < 1.29 is 14.6 Å². The molecule has 0 bridgehead atoms. The zero-order chi connectivity index (χ0) is 21.8. The van der Waals surface area contributed by atoms with Crippen molar-refractivity contribution in [1.82, 2.24) is 4.98 Å². The van der Waals surface area contributed by atoms with Gasteiger partial charge in [-0.3, -0.25) is 4.79 Å². The number of carbonyl (C=O) groups is 1. The summed E-state index contributed by atoms with van der Waals surface area (Å²) >= 11 is 6.42. The predicted octanol–water partition coefficient (Wildman–Crippen LogP) is 6.04. The highest BCUT2D eigenvalue weighted by atomic mass is 35.5. The number of aromatic nitrogens is 1. The zero-order valence-corrected chi connectivity index (χ0v) is 17.4. The van der Waals surface area contributed by atoms with Crippen molar-refractivity contribution in [2.45, 2.75) is 0 Å². The van der Waals surface area contributed by atoms with Gasteiger partial charge < -0.3 is 15.2 Å². The molecule has 6 heteroatoms. The molecule has 5 nitrogen and oxygen atoms in total. The van der Waals surface area contributed by atoms with Crippen LogP contribution in [0.2, 0.25) is 5.02 Å². The van der Waals surface area contributed by atoms with Crippen LogP contribution in [0.5, 0.6) is 11.6 Å². The fraction of sp³-hybridized carbons (Fsp3) is 0.0400. The lowest BCUT2D eigenvalue weighted by atomic mass is 9.99. The standard InChI is InChI=1S/C25H19ClN2O3/c1-31-24-13-9-20(15-27-24)28-25(30)19-8-12-23(26)22(14-19)18-4-2-16(3-5-18)17-6-10-21(29)11-7-17/h2-15,29H,1H3,(H,28,30). The van der Waals surface area contributed by atoms with E-state index in [-0.39, 0.29) is 11.7 Å². The Labute approximate surface area is 184 Å². The number of nitrogens with one attached hydrogen (secondary N) is 1. The summed E-state index contributed by atoms with van der Waals surface area (Å²) in [4.78, 5) is 16.8. The zero-order valence-electron chi connectivity index (χ0n) is 16.7. The highest BCUT2D eigenvalue weighted by Gasteiger charge is 2.11. The van der Waals surface area contributed by atoms with Crippen LogP contribution in [0.1, 0.15) is 10.4 Å². The van der Waals surface area contributed by atoms with Gasteiger partial charge in [-0.25, -0.2) is 4.98 Å². The van der Waals surface area contributed by atoms with Gasteiger partial charge in [0.25, 0.3) is 5.91 Å². The molecular formula is C25H19ClN2O3. The molecule has 154 valence electrons. The Bertz CT molecular complexity index is 1210. The maximum Gasteiger partial charge on any atom is 0.255 e. The molecule has 0 spiro atoms. The quantitative estimate of drug-likeness (QED) is 0.405. The summed E-state index contributed by atoms with van der Waals surface area (Å²) in [5.74, 6) is 0.445. The van der Waals surface area contributed by atoms with Crippen LogP contribution in [-0.2, 0) is 0 Å². The molecule has 2 N–H and O–H groups in total. The predicted molar refractivity (Wildman–Crippen MR) is 123 cm³/mol. The second-order valence-corrected chi connectivity index (χ2v) is 7.27. The topological polar surface area (TPSA) is 71.5 Å². The van der Waals surface area contributed by atoms with Crippen LogP contribution in [0.3, 0.4) is 0 Å². The number of ether oxygens (including phenoxy) is 1. The van der Waals surface area contributed by atoms with Crippen LogP contribution in [0.15, 0.2) is 85.1 Å². The van der Waals surface area contributed by atoms with Crippen molar-refractivity contribution in [3.8, 4) is 33.9 Å². The van der Waals surface area contributed by atoms with Crippen LogP contribution in [0.4, 0.5) is 5.69 Å². The second-order valence-electron chi connectivity index (χ2n) is 6.86. The van der Waals surface area contributed by atoms with E-state index in [1.165, 1.54) is 13.3 Å². The SMILES string of the molecule is COc1ccc(NC(=O)c2ccc(Cl)c(-c3ccc(-c4ccc(O)cc4)cc3)c2)cn1. The van der Waals surface area contributed by atoms with Gasteiger partial charge in [0.15, 0.2) is 0 Å². The Hall–Kier alpha value is -3.83. The fourth-order valence-electron chi connectivity index (χ4n) is 3.16. The summed E-state index contributed by atoms with van der Waals surface area (Å²) < 4.78 is 5.03. The number of aromatic hydroxyl groups is 1. The lowest BCUT2D eigenvalue weighted by Crippen LogP contribution is -2.12. The molecule has 3 aromatic carbocycles. The smallest absolute Gasteiger partial charge is 0.255 e. The average molecular weight is 431 g/mol. The van der Waals surface area contributed by atoms with Gasteiger partial charge in [0.05, 0.1) is 19.0 Å². The number of hydrogen-bond acceptors (Lipinski definition) is 4. The van der Waals surface area contributed by atoms with Crippen LogP contribution in [0.25, 0.3) is 22.3 Å². The maximum atomic E-state index is 12.7. The number of phenolic OH excluding ortho intramolecular Hbond substituents is 1. The molecule has 1 heterocycles. The molecule has 0 aliphatic heterocycles. The third kappa shape index (κ3) is 4.68. The monoisotopic (exact) mass is 430 g/mol. The first-order valence-corrected chi connectivity index (χ1v) is 9.92. The van der Waals surface area contributed by atoms with Crippen molar-refractivity contribution in [1.29, 1.82) is 0 Å². The van der Waals surface area contributed by atoms with Crippen LogP contribution in [0, 0.1) is 0 Å². The highest BCUT2D eigenvalue weighted by molar-refractivity contribution is 6.33. The van der Waals surface area contributed by atoms with Crippen LogP contribution in [-0.4, -0.2) is 23.1 Å². The molecule has 0 aliphatic rings. The van der Waals surface area contributed by atoms with Crippen molar-refractivity contribution in [3.05, 3.63) is 95.6 Å². The fourth-order valence-corrected chi connectivity index (χ4v) is 3.39. The number of halogens is 1. The molecule has 4 aromatic rings. The van der Waals surface area contributed by atoms with E-state index in [0.717, 1.165) is 22.3 Å². The number of benzene rings is 3. The number of amides is 1. The van der Waals surface area contributed by atoms with E-state index in [4.69, 9.17) is 16.3 Å². The number of nitrogens with zero attached hydrogens (tertiary/aromatic N) is 1. The normalized spacial score (nSPS) is 10.5. The number of methoxy groups -OCH3 is 1. The summed E-state index contributed by atoms with van der Waals surface area (Å²) in [6.45, 7) is 0. The Morgan fingerprint density at radius 1 is 0.903 bits per heavy atom. The Balaban J connectivity index is 1.57. The van der Waals surface area contributed by atoms with Crippen LogP contribution < -0.4 is 10.1 Å². The van der Waals surface area contributed by atoms with Gasteiger partial charge in [-0.15, -0.1) is 0 Å². The molecule has 0 atom stereocenters. The third-order valence-electron chi connectivity index (χ3n) is 4.83. The number of rotatable bonds is 5. The molecule has 0 radical (unpaired) electrons. The molecule has 1 aromatic heterocycles. The number of carbonyl (C=O) groups excluding carboxylic acids is 1. The highest BCUT2D eigenvalue weighted by Crippen LogP contribution is 2.31. The van der Waals surface area contributed by atoms with Crippen molar-refractivity contribution in [2.75, 3.05) is 12.4 Å². The molecule has 4 rings (SSSR count). The van der Waals surface area contributed by atoms with Gasteiger partial charge in [-0.1, -0.05) is 48.0 Å². The minimum Gasteiger partial charge on any atom is -0.508 e. The summed E-state index contributed by atoms with van der Waals surface area (Å²) in [7, 11) is 1.53. The molecule has 1 amide bonds. The Morgan fingerprint density at radius 2 is 1.55 bits per heavy atom. The summed E-state index contributed by atoms with van der Waals surface area (Å²) in [5, 5.41) is 12.8. The minimum absolute atomic E-state index is 0.229. The summed E-state index contributed by atoms with van der Waals surface area (Å²) in [6.07, 6.45) is 1.54. The minimum atomic E-state index is -0.259. The van der Waals surface area contributed by atoms with E-state index in [0.29, 0.717) is 22.2 Å². The van der Waals surface area contributed by atoms with E-state index in [1.807, 2.05) is 36.4 Å². The van der Waals surface area contributed by atoms with Crippen molar-refractivity contribution >= 4 is 23.2 Å². The van der Waals surface area contributed by atoms with E-state index >= 15 is 0 Å². The molecular weight excluding hydrogens is 412 g/mol. The van der Waals surface area contributed by atoms with Crippen molar-refractivity contribution in [3.63, 3.8) is 0 Å². The van der Waals surface area contributed by atoms with Gasteiger partial charge in [-0.2, -0.15) is 0 Å². The van der Waals surface area contributed by atoms with E-state index in [1.54, 1.807) is 42.5 Å². The van der Waals surface area contributed by atoms with Gasteiger partial charge in [0, 0.05) is 22.2 Å². The second kappa shape index (κ2) is 8.90. The molecule has 0 unspecified atom stereocenters. The molecule has 0 fully saturated rings.